The maximum Gasteiger partial charge on any atom is 0.416 e. The molecule has 120 valence electrons. The Balaban J connectivity index is 2.10. The van der Waals surface area contributed by atoms with Crippen LogP contribution < -0.4 is 0 Å². The third-order valence-corrected chi connectivity index (χ3v) is 4.19. The Bertz CT molecular complexity index is 885. The molecular weight excluding hydrogens is 348 g/mol. The van der Waals surface area contributed by atoms with Crippen molar-refractivity contribution in [2.75, 3.05) is 0 Å². The van der Waals surface area contributed by atoms with Gasteiger partial charge in [-0.25, -0.2) is 0 Å². The summed E-state index contributed by atoms with van der Waals surface area (Å²) in [6, 6.07) is 8.64. The minimum Gasteiger partial charge on any atom is -0.260 e. The van der Waals surface area contributed by atoms with Crippen molar-refractivity contribution in [3.8, 4) is 0 Å². The fraction of sp³-hybridized carbons (Fsp3) is 0.188. The van der Waals surface area contributed by atoms with Crippen LogP contribution in [0.25, 0.3) is 10.9 Å². The fourth-order valence-electron chi connectivity index (χ4n) is 2.45. The standard InChI is InChI=1S/C16H11Cl2F3N2/c1-9-13-5-3-11(16(19,20)21)6-15(13)23(22-9)8-10-2-4-12(17)7-14(10)18/h2-7H,8H2,1H3. The van der Waals surface area contributed by atoms with Gasteiger partial charge < -0.3 is 0 Å². The van der Waals surface area contributed by atoms with Crippen molar-refractivity contribution in [2.24, 2.45) is 0 Å². The molecule has 0 aliphatic carbocycles. The molecule has 3 rings (SSSR count). The summed E-state index contributed by atoms with van der Waals surface area (Å²) in [5, 5.41) is 5.96. The lowest BCUT2D eigenvalue weighted by molar-refractivity contribution is -0.137. The molecule has 0 atom stereocenters. The van der Waals surface area contributed by atoms with E-state index in [2.05, 4.69) is 5.10 Å². The first-order valence-corrected chi connectivity index (χ1v) is 7.49. The van der Waals surface area contributed by atoms with Gasteiger partial charge in [-0.1, -0.05) is 35.3 Å². The Labute approximate surface area is 140 Å². The third-order valence-electron chi connectivity index (χ3n) is 3.60. The highest BCUT2D eigenvalue weighted by Gasteiger charge is 2.31. The van der Waals surface area contributed by atoms with Crippen LogP contribution in [0.4, 0.5) is 13.2 Å². The Hall–Kier alpha value is -1.72. The number of benzene rings is 2. The van der Waals surface area contributed by atoms with Crippen molar-refractivity contribution in [1.82, 2.24) is 9.78 Å². The normalized spacial score (nSPS) is 12.1. The first kappa shape index (κ1) is 16.1. The quantitative estimate of drug-likeness (QED) is 0.572. The summed E-state index contributed by atoms with van der Waals surface area (Å²) in [6.45, 7) is 2.03. The number of rotatable bonds is 2. The van der Waals surface area contributed by atoms with Crippen LogP contribution in [-0.4, -0.2) is 9.78 Å². The molecule has 1 aromatic heterocycles. The molecule has 23 heavy (non-hydrogen) atoms. The molecule has 2 aromatic carbocycles. The minimum absolute atomic E-state index is 0.266. The molecule has 0 N–H and O–H groups in total. The number of hydrogen-bond acceptors (Lipinski definition) is 1. The summed E-state index contributed by atoms with van der Waals surface area (Å²) in [5.41, 5.74) is 1.12. The Morgan fingerprint density at radius 3 is 2.48 bits per heavy atom. The van der Waals surface area contributed by atoms with E-state index in [0.717, 1.165) is 17.7 Å². The molecule has 2 nitrogen and oxygen atoms in total. The van der Waals surface area contributed by atoms with E-state index >= 15 is 0 Å². The number of alkyl halides is 3. The summed E-state index contributed by atoms with van der Waals surface area (Å²) in [4.78, 5) is 0. The second-order valence-corrected chi connectivity index (χ2v) is 6.05. The summed E-state index contributed by atoms with van der Waals surface area (Å²) >= 11 is 12.0. The van der Waals surface area contributed by atoms with E-state index in [1.165, 1.54) is 10.7 Å². The number of fused-ring (bicyclic) bond motifs is 1. The lowest BCUT2D eigenvalue weighted by Gasteiger charge is -2.09. The van der Waals surface area contributed by atoms with Crippen molar-refractivity contribution in [1.29, 1.82) is 0 Å². The molecule has 0 radical (unpaired) electrons. The molecule has 0 fully saturated rings. The number of aryl methyl sites for hydroxylation is 1. The first-order chi connectivity index (χ1) is 10.8. The number of hydrogen-bond donors (Lipinski definition) is 0. The van der Waals surface area contributed by atoms with E-state index < -0.39 is 11.7 Å². The molecule has 0 aliphatic rings. The van der Waals surface area contributed by atoms with Gasteiger partial charge >= 0.3 is 6.18 Å². The first-order valence-electron chi connectivity index (χ1n) is 6.74. The maximum absolute atomic E-state index is 12.9. The van der Waals surface area contributed by atoms with Crippen LogP contribution in [0.5, 0.6) is 0 Å². The van der Waals surface area contributed by atoms with E-state index in [9.17, 15) is 13.2 Å². The number of nitrogens with zero attached hydrogens (tertiary/aromatic N) is 2. The zero-order valence-corrected chi connectivity index (χ0v) is 13.5. The van der Waals surface area contributed by atoms with Gasteiger partial charge in [0.25, 0.3) is 0 Å². The van der Waals surface area contributed by atoms with Gasteiger partial charge in [0.2, 0.25) is 0 Å². The lowest BCUT2D eigenvalue weighted by atomic mass is 10.1. The summed E-state index contributed by atoms with van der Waals surface area (Å²) in [6.07, 6.45) is -4.39. The van der Waals surface area contributed by atoms with Crippen LogP contribution in [0.1, 0.15) is 16.8 Å². The number of aromatic nitrogens is 2. The largest absolute Gasteiger partial charge is 0.416 e. The predicted molar refractivity (Wildman–Crippen MR) is 85.0 cm³/mol. The van der Waals surface area contributed by atoms with Crippen LogP contribution in [0, 0.1) is 6.92 Å². The highest BCUT2D eigenvalue weighted by Crippen LogP contribution is 2.32. The van der Waals surface area contributed by atoms with Crippen molar-refractivity contribution >= 4 is 34.1 Å². The average Bonchev–Trinajstić information content (AvgIpc) is 2.77. The van der Waals surface area contributed by atoms with Crippen LogP contribution in [0.2, 0.25) is 10.0 Å². The minimum atomic E-state index is -4.39. The Morgan fingerprint density at radius 1 is 1.09 bits per heavy atom. The molecule has 0 unspecified atom stereocenters. The van der Waals surface area contributed by atoms with Crippen LogP contribution in [0.3, 0.4) is 0 Å². The van der Waals surface area contributed by atoms with Gasteiger partial charge in [-0.3, -0.25) is 4.68 Å². The molecule has 0 bridgehead atoms. The van der Waals surface area contributed by atoms with Crippen molar-refractivity contribution in [3.05, 3.63) is 63.3 Å². The monoisotopic (exact) mass is 358 g/mol. The van der Waals surface area contributed by atoms with Gasteiger partial charge in [-0.2, -0.15) is 18.3 Å². The molecule has 0 spiro atoms. The molecule has 0 amide bonds. The van der Waals surface area contributed by atoms with Gasteiger partial charge in [-0.05, 0) is 36.8 Å². The number of halogens is 5. The van der Waals surface area contributed by atoms with Crippen LogP contribution >= 0.6 is 23.2 Å². The predicted octanol–water partition coefficient (Wildman–Crippen LogP) is 5.72. The molecule has 1 heterocycles. The fourth-order valence-corrected chi connectivity index (χ4v) is 2.92. The van der Waals surface area contributed by atoms with Gasteiger partial charge in [0.1, 0.15) is 0 Å². The molecule has 7 heteroatoms. The second-order valence-electron chi connectivity index (χ2n) is 5.21. The van der Waals surface area contributed by atoms with Gasteiger partial charge in [0.15, 0.2) is 0 Å². The van der Waals surface area contributed by atoms with Gasteiger partial charge in [0.05, 0.1) is 23.3 Å². The summed E-state index contributed by atoms with van der Waals surface area (Å²) < 4.78 is 40.3. The van der Waals surface area contributed by atoms with Crippen LogP contribution in [0.15, 0.2) is 36.4 Å². The van der Waals surface area contributed by atoms with Gasteiger partial charge in [-0.15, -0.1) is 0 Å². The molecular formula is C16H11Cl2F3N2. The Kier molecular flexibility index (Phi) is 4.02. The smallest absolute Gasteiger partial charge is 0.260 e. The molecule has 0 saturated carbocycles. The third kappa shape index (κ3) is 3.16. The van der Waals surface area contributed by atoms with E-state index in [1.807, 2.05) is 0 Å². The van der Waals surface area contributed by atoms with E-state index in [-0.39, 0.29) is 6.54 Å². The summed E-state index contributed by atoms with van der Waals surface area (Å²) in [7, 11) is 0. The Morgan fingerprint density at radius 2 is 1.83 bits per heavy atom. The topological polar surface area (TPSA) is 17.8 Å². The molecule has 0 aliphatic heterocycles. The maximum atomic E-state index is 12.9. The van der Waals surface area contributed by atoms with Gasteiger partial charge in [0, 0.05) is 15.4 Å². The SMILES string of the molecule is Cc1nn(Cc2ccc(Cl)cc2Cl)c2cc(C(F)(F)F)ccc12. The van der Waals surface area contributed by atoms with Crippen LogP contribution in [-0.2, 0) is 12.7 Å². The average molecular weight is 359 g/mol. The lowest BCUT2D eigenvalue weighted by Crippen LogP contribution is -2.06. The highest BCUT2D eigenvalue weighted by atomic mass is 35.5. The second kappa shape index (κ2) is 5.73. The van der Waals surface area contributed by atoms with Crippen molar-refractivity contribution in [2.45, 2.75) is 19.6 Å². The zero-order chi connectivity index (χ0) is 16.8. The molecule has 0 saturated heterocycles. The van der Waals surface area contributed by atoms with Crippen molar-refractivity contribution in [3.63, 3.8) is 0 Å². The highest BCUT2D eigenvalue weighted by molar-refractivity contribution is 6.35. The molecule has 3 aromatic rings. The van der Waals surface area contributed by atoms with E-state index in [1.54, 1.807) is 25.1 Å². The van der Waals surface area contributed by atoms with E-state index in [4.69, 9.17) is 23.2 Å². The van der Waals surface area contributed by atoms with Crippen molar-refractivity contribution < 1.29 is 13.2 Å². The van der Waals surface area contributed by atoms with E-state index in [0.29, 0.717) is 26.6 Å². The summed E-state index contributed by atoms with van der Waals surface area (Å²) in [5.74, 6) is 0. The zero-order valence-electron chi connectivity index (χ0n) is 12.0.